The Hall–Kier alpha value is -2.56. The van der Waals surface area contributed by atoms with E-state index in [2.05, 4.69) is 9.97 Å². The molecule has 0 bridgehead atoms. The van der Waals surface area contributed by atoms with E-state index in [0.29, 0.717) is 18.8 Å². The molecule has 122 valence electrons. The van der Waals surface area contributed by atoms with Crippen molar-refractivity contribution in [2.24, 2.45) is 0 Å². The summed E-state index contributed by atoms with van der Waals surface area (Å²) in [4.78, 5) is 7.28. The normalized spacial score (nSPS) is 10.0. The van der Waals surface area contributed by atoms with Crippen LogP contribution in [-0.2, 0) is 0 Å². The zero-order valence-electron chi connectivity index (χ0n) is 13.4. The van der Waals surface area contributed by atoms with Crippen LogP contribution in [0.4, 0.5) is 4.39 Å². The molecule has 5 heteroatoms. The Morgan fingerprint density at radius 2 is 2.09 bits per heavy atom. The highest BCUT2D eigenvalue weighted by molar-refractivity contribution is 5.61. The molecular weight excluding hydrogens is 295 g/mol. The molecule has 2 aromatic rings. The van der Waals surface area contributed by atoms with Crippen LogP contribution in [0.1, 0.15) is 12.0 Å². The number of aromatic amines is 1. The number of hydrogen-bond acceptors (Lipinski definition) is 3. The van der Waals surface area contributed by atoms with Gasteiger partial charge < -0.3 is 14.5 Å². The number of hydrogen-bond donors (Lipinski definition) is 1. The molecule has 0 aliphatic carbocycles. The molecule has 1 aromatic heterocycles. The Morgan fingerprint density at radius 1 is 1.22 bits per heavy atom. The van der Waals surface area contributed by atoms with Gasteiger partial charge in [0.15, 0.2) is 0 Å². The van der Waals surface area contributed by atoms with E-state index in [9.17, 15) is 4.39 Å². The van der Waals surface area contributed by atoms with Crippen LogP contribution in [0.2, 0.25) is 0 Å². The maximum absolute atomic E-state index is 12.1. The number of alkyl halides is 1. The predicted octanol–water partition coefficient (Wildman–Crippen LogP) is 4.26. The lowest BCUT2D eigenvalue weighted by atomic mass is 10.1. The molecule has 1 aromatic carbocycles. The Bertz CT molecular complexity index is 684. The van der Waals surface area contributed by atoms with Gasteiger partial charge in [0.25, 0.3) is 0 Å². The average Bonchev–Trinajstić information content (AvgIpc) is 2.68. The maximum atomic E-state index is 12.1. The smallest absolute Gasteiger partial charge is 0.137 e. The standard InChI is InChI=1S/C18H21FN2O2/c1-14-11-15(7-8-18(14)23-10-4-9-19)17-6-3-5-16(22-2)12-20-13-21-17/h3,5-8,11-13H,4,9-10H2,1-2H3,(H,20,21). The topological polar surface area (TPSA) is 47.1 Å². The third-order valence-corrected chi connectivity index (χ3v) is 3.28. The average molecular weight is 316 g/mol. The molecule has 4 nitrogen and oxygen atoms in total. The zero-order chi connectivity index (χ0) is 16.5. The lowest BCUT2D eigenvalue weighted by Gasteiger charge is -2.09. The fourth-order valence-corrected chi connectivity index (χ4v) is 2.06. The van der Waals surface area contributed by atoms with Crippen molar-refractivity contribution in [3.8, 4) is 22.8 Å². The largest absolute Gasteiger partial charge is 0.495 e. The first kappa shape index (κ1) is 16.8. The van der Waals surface area contributed by atoms with Gasteiger partial charge in [-0.25, -0.2) is 4.98 Å². The molecule has 0 saturated carbocycles. The van der Waals surface area contributed by atoms with Crippen LogP contribution >= 0.6 is 0 Å². The molecule has 2 rings (SSSR count). The number of H-pyrrole nitrogens is 1. The summed E-state index contributed by atoms with van der Waals surface area (Å²) in [5.41, 5.74) is 2.92. The van der Waals surface area contributed by atoms with E-state index >= 15 is 0 Å². The molecule has 0 aliphatic rings. The Kier molecular flexibility index (Phi) is 6.41. The number of halogens is 1. The van der Waals surface area contributed by atoms with Crippen molar-refractivity contribution in [3.63, 3.8) is 0 Å². The minimum Gasteiger partial charge on any atom is -0.495 e. The van der Waals surface area contributed by atoms with E-state index in [1.165, 1.54) is 0 Å². The molecule has 0 atom stereocenters. The van der Waals surface area contributed by atoms with Gasteiger partial charge in [0.05, 0.1) is 32.9 Å². The zero-order valence-corrected chi connectivity index (χ0v) is 13.4. The van der Waals surface area contributed by atoms with Gasteiger partial charge in [-0.15, -0.1) is 0 Å². The first-order valence-corrected chi connectivity index (χ1v) is 7.45. The van der Waals surface area contributed by atoms with Gasteiger partial charge >= 0.3 is 0 Å². The molecule has 1 N–H and O–H groups in total. The van der Waals surface area contributed by atoms with Crippen LogP contribution in [-0.4, -0.2) is 30.4 Å². The van der Waals surface area contributed by atoms with Crippen molar-refractivity contribution in [3.05, 3.63) is 54.5 Å². The fourth-order valence-electron chi connectivity index (χ4n) is 2.06. The summed E-state index contributed by atoms with van der Waals surface area (Å²) in [7, 11) is 1.60. The summed E-state index contributed by atoms with van der Waals surface area (Å²) in [5.74, 6) is 1.45. The second-order valence-electron chi connectivity index (χ2n) is 4.97. The Labute approximate surface area is 135 Å². The highest BCUT2D eigenvalue weighted by Crippen LogP contribution is 2.24. The third-order valence-electron chi connectivity index (χ3n) is 3.28. The minimum absolute atomic E-state index is 0.364. The lowest BCUT2D eigenvalue weighted by Crippen LogP contribution is -1.99. The van der Waals surface area contributed by atoms with Gasteiger partial charge in [-0.1, -0.05) is 6.07 Å². The third kappa shape index (κ3) is 4.98. The SMILES string of the molecule is COc1cccc(-c2ccc(OCCCF)c(C)c2)[nH]cnc1. The van der Waals surface area contributed by atoms with E-state index in [-0.39, 0.29) is 6.67 Å². The summed E-state index contributed by atoms with van der Waals surface area (Å²) >= 11 is 0. The Balaban J connectivity index is 2.28. The molecule has 0 amide bonds. The monoisotopic (exact) mass is 316 g/mol. The summed E-state index contributed by atoms with van der Waals surface area (Å²) in [6.45, 7) is 1.99. The molecule has 0 radical (unpaired) electrons. The highest BCUT2D eigenvalue weighted by Gasteiger charge is 2.03. The number of nitrogens with one attached hydrogen (secondary N) is 1. The van der Waals surface area contributed by atoms with Crippen LogP contribution in [0.3, 0.4) is 0 Å². The molecule has 0 aliphatic heterocycles. The van der Waals surface area contributed by atoms with Crippen molar-refractivity contribution in [2.45, 2.75) is 13.3 Å². The van der Waals surface area contributed by atoms with E-state index in [1.54, 1.807) is 19.6 Å². The maximum Gasteiger partial charge on any atom is 0.137 e. The summed E-state index contributed by atoms with van der Waals surface area (Å²) < 4.78 is 22.9. The van der Waals surface area contributed by atoms with E-state index in [0.717, 1.165) is 22.6 Å². The lowest BCUT2D eigenvalue weighted by molar-refractivity contribution is 0.288. The van der Waals surface area contributed by atoms with Crippen LogP contribution in [0.15, 0.2) is 48.9 Å². The number of benzene rings is 1. The van der Waals surface area contributed by atoms with Gasteiger partial charge in [0.2, 0.25) is 0 Å². The van der Waals surface area contributed by atoms with Crippen molar-refractivity contribution in [1.82, 2.24) is 9.97 Å². The molecule has 0 unspecified atom stereocenters. The van der Waals surface area contributed by atoms with Crippen molar-refractivity contribution >= 4 is 0 Å². The van der Waals surface area contributed by atoms with Crippen molar-refractivity contribution in [2.75, 3.05) is 20.4 Å². The van der Waals surface area contributed by atoms with Crippen LogP contribution in [0.5, 0.6) is 11.5 Å². The quantitative estimate of drug-likeness (QED) is 0.810. The number of ether oxygens (including phenoxy) is 2. The van der Waals surface area contributed by atoms with Gasteiger partial charge in [0.1, 0.15) is 11.5 Å². The van der Waals surface area contributed by atoms with Crippen molar-refractivity contribution in [1.29, 1.82) is 0 Å². The van der Waals surface area contributed by atoms with Gasteiger partial charge in [-0.3, -0.25) is 4.39 Å². The molecular formula is C18H21FN2O2. The minimum atomic E-state index is -0.364. The van der Waals surface area contributed by atoms with Gasteiger partial charge in [-0.2, -0.15) is 0 Å². The second-order valence-corrected chi connectivity index (χ2v) is 4.97. The van der Waals surface area contributed by atoms with Crippen LogP contribution in [0.25, 0.3) is 11.3 Å². The van der Waals surface area contributed by atoms with Gasteiger partial charge in [0, 0.05) is 12.1 Å². The molecule has 0 spiro atoms. The first-order chi connectivity index (χ1) is 11.2. The number of nitrogens with zero attached hydrogens (tertiary/aromatic N) is 1. The summed E-state index contributed by atoms with van der Waals surface area (Å²) in [5, 5.41) is 0. The van der Waals surface area contributed by atoms with E-state index in [1.807, 2.05) is 43.3 Å². The van der Waals surface area contributed by atoms with Gasteiger partial charge in [-0.05, 0) is 48.4 Å². The Morgan fingerprint density at radius 3 is 2.83 bits per heavy atom. The highest BCUT2D eigenvalue weighted by atomic mass is 19.1. The fraction of sp³-hybridized carbons (Fsp3) is 0.278. The first-order valence-electron chi connectivity index (χ1n) is 7.45. The van der Waals surface area contributed by atoms with Crippen LogP contribution < -0.4 is 9.47 Å². The number of rotatable bonds is 6. The number of aryl methyl sites for hydroxylation is 1. The number of methoxy groups -OCH3 is 1. The second kappa shape index (κ2) is 8.78. The van der Waals surface area contributed by atoms with E-state index in [4.69, 9.17) is 9.47 Å². The predicted molar refractivity (Wildman–Crippen MR) is 89.0 cm³/mol. The molecule has 1 heterocycles. The molecule has 0 fully saturated rings. The van der Waals surface area contributed by atoms with Crippen molar-refractivity contribution < 1.29 is 13.9 Å². The molecule has 0 saturated heterocycles. The van der Waals surface area contributed by atoms with E-state index < -0.39 is 0 Å². The molecule has 23 heavy (non-hydrogen) atoms. The van der Waals surface area contributed by atoms with Crippen LogP contribution in [0, 0.1) is 6.92 Å². The summed E-state index contributed by atoms with van der Waals surface area (Å²) in [6.07, 6.45) is 3.65. The number of aromatic nitrogens is 2. The summed E-state index contributed by atoms with van der Waals surface area (Å²) in [6, 6.07) is 11.6.